The smallest absolute Gasteiger partial charge is 0.293 e. The molecule has 2 N–H and O–H groups in total. The van der Waals surface area contributed by atoms with Crippen molar-refractivity contribution in [3.8, 4) is 16.9 Å². The molecule has 2 heterocycles. The van der Waals surface area contributed by atoms with Crippen LogP contribution < -0.4 is 19.7 Å². The summed E-state index contributed by atoms with van der Waals surface area (Å²) in [5.41, 5.74) is 4.49. The van der Waals surface area contributed by atoms with E-state index in [4.69, 9.17) is 9.47 Å². The number of hydrogen-bond donors (Lipinski definition) is 2. The number of nitro groups is 1. The number of carbonyl (C=O) groups excluding carboxylic acids is 1. The number of anilines is 2. The van der Waals surface area contributed by atoms with Crippen molar-refractivity contribution < 1.29 is 27.6 Å². The Bertz CT molecular complexity index is 2410. The van der Waals surface area contributed by atoms with Crippen molar-refractivity contribution in [1.29, 1.82) is 0 Å². The van der Waals surface area contributed by atoms with Crippen LogP contribution in [0.4, 0.5) is 17.1 Å². The van der Waals surface area contributed by atoms with Gasteiger partial charge in [-0.25, -0.2) is 13.1 Å². The number of ether oxygens (including phenoxy) is 2. The van der Waals surface area contributed by atoms with Crippen molar-refractivity contribution in [3.05, 3.63) is 143 Å². The molecular weight excluding hydrogens is 851 g/mol. The zero-order valence-electron chi connectivity index (χ0n) is 36.4. The SMILES string of the molecule is CN(C)CC[C@H](CSc1ccccc1)Nc1ccc(S(=O)(=O)NC(=O)c2ccc(N3CCN(Cc4ccccc4-c4ccc(OCCN5CCOCC5)cc4)CC3)cc2)cc1[N+](=O)[O-]. The second kappa shape index (κ2) is 22.4. The van der Waals surface area contributed by atoms with Crippen molar-refractivity contribution in [1.82, 2.24) is 19.4 Å². The summed E-state index contributed by atoms with van der Waals surface area (Å²) < 4.78 is 40.4. The van der Waals surface area contributed by atoms with Crippen LogP contribution in [0.5, 0.6) is 5.75 Å². The number of carbonyl (C=O) groups is 1. The van der Waals surface area contributed by atoms with E-state index in [-0.39, 0.29) is 22.2 Å². The molecule has 7 rings (SSSR count). The van der Waals surface area contributed by atoms with Gasteiger partial charge in [0, 0.05) is 86.4 Å². The fourth-order valence-corrected chi connectivity index (χ4v) is 9.74. The molecule has 0 spiro atoms. The van der Waals surface area contributed by atoms with Crippen LogP contribution in [0, 0.1) is 10.1 Å². The fraction of sp³-hybridized carbons (Fsp3) is 0.354. The van der Waals surface area contributed by atoms with E-state index in [9.17, 15) is 23.3 Å². The van der Waals surface area contributed by atoms with E-state index >= 15 is 0 Å². The van der Waals surface area contributed by atoms with E-state index in [1.807, 2.05) is 73.6 Å². The highest BCUT2D eigenvalue weighted by atomic mass is 32.2. The van der Waals surface area contributed by atoms with Crippen molar-refractivity contribution in [2.75, 3.05) is 102 Å². The van der Waals surface area contributed by atoms with Crippen LogP contribution >= 0.6 is 11.8 Å². The van der Waals surface area contributed by atoms with Gasteiger partial charge in [0.05, 0.1) is 23.0 Å². The number of nitro benzene ring substituents is 1. The Balaban J connectivity index is 0.912. The average Bonchev–Trinajstić information content (AvgIpc) is 3.31. The van der Waals surface area contributed by atoms with E-state index in [2.05, 4.69) is 61.1 Å². The zero-order valence-corrected chi connectivity index (χ0v) is 38.1. The van der Waals surface area contributed by atoms with Gasteiger partial charge in [-0.2, -0.15) is 0 Å². The summed E-state index contributed by atoms with van der Waals surface area (Å²) in [4.78, 5) is 34.7. The fourth-order valence-electron chi connectivity index (χ4n) is 7.75. The standard InChI is InChI=1S/C48H57N7O7S2/c1-51(2)23-22-40(36-63-43-9-4-3-5-10-43)49-46-21-20-44(34-47(46)55(57)58)64(59,60)50-48(56)38-12-16-41(17-13-38)54-26-24-53(25-27-54)35-39-8-6-7-11-45(39)37-14-18-42(19-15-37)62-33-30-52-28-31-61-32-29-52/h3-21,34,40,49H,22-33,35-36H2,1-2H3,(H,50,56)/t40-/m1/s1. The lowest BCUT2D eigenvalue weighted by atomic mass is 9.99. The summed E-state index contributed by atoms with van der Waals surface area (Å²) in [7, 11) is -0.516. The highest BCUT2D eigenvalue weighted by molar-refractivity contribution is 7.99. The monoisotopic (exact) mass is 907 g/mol. The quantitative estimate of drug-likeness (QED) is 0.0473. The molecule has 14 nitrogen and oxygen atoms in total. The first kappa shape index (κ1) is 46.5. The van der Waals surface area contributed by atoms with E-state index in [0.29, 0.717) is 18.8 Å². The predicted octanol–water partition coefficient (Wildman–Crippen LogP) is 6.94. The molecule has 5 aromatic rings. The molecule has 0 radical (unpaired) electrons. The van der Waals surface area contributed by atoms with Gasteiger partial charge in [0.15, 0.2) is 0 Å². The third-order valence-corrected chi connectivity index (χ3v) is 13.9. The van der Waals surface area contributed by atoms with E-state index < -0.39 is 26.5 Å². The number of amides is 1. The van der Waals surface area contributed by atoms with Gasteiger partial charge in [0.2, 0.25) is 0 Å². The number of morpholine rings is 1. The zero-order chi connectivity index (χ0) is 44.9. The van der Waals surface area contributed by atoms with Gasteiger partial charge >= 0.3 is 0 Å². The summed E-state index contributed by atoms with van der Waals surface area (Å²) >= 11 is 1.63. The number of thioether (sulfide) groups is 1. The van der Waals surface area contributed by atoms with Crippen LogP contribution in [0.1, 0.15) is 22.3 Å². The molecule has 0 aliphatic carbocycles. The minimum absolute atomic E-state index is 0.144. The van der Waals surface area contributed by atoms with Crippen LogP contribution in [-0.4, -0.2) is 132 Å². The molecule has 338 valence electrons. The molecule has 0 aromatic heterocycles. The Hall–Kier alpha value is -5.49. The Labute approximate surface area is 380 Å². The number of nitrogens with zero attached hydrogens (tertiary/aromatic N) is 5. The lowest BCUT2D eigenvalue weighted by Gasteiger charge is -2.36. The maximum absolute atomic E-state index is 13.4. The predicted molar refractivity (Wildman–Crippen MR) is 254 cm³/mol. The topological polar surface area (TPSA) is 150 Å². The van der Waals surface area contributed by atoms with Gasteiger partial charge in [0.25, 0.3) is 21.6 Å². The summed E-state index contributed by atoms with van der Waals surface area (Å²) in [6, 6.07) is 37.1. The number of benzene rings is 5. The highest BCUT2D eigenvalue weighted by Gasteiger charge is 2.26. The van der Waals surface area contributed by atoms with Gasteiger partial charge in [0.1, 0.15) is 18.0 Å². The molecule has 16 heteroatoms. The number of sulfonamides is 1. The second-order valence-corrected chi connectivity index (χ2v) is 19.0. The van der Waals surface area contributed by atoms with Gasteiger partial charge in [-0.1, -0.05) is 54.6 Å². The highest BCUT2D eigenvalue weighted by Crippen LogP contribution is 2.31. The van der Waals surface area contributed by atoms with E-state index in [1.54, 1.807) is 23.9 Å². The first-order chi connectivity index (χ1) is 31.0. The number of piperazine rings is 1. The molecule has 1 atom stereocenters. The normalized spacial score (nSPS) is 15.5. The lowest BCUT2D eigenvalue weighted by Crippen LogP contribution is -2.46. The molecule has 0 saturated carbocycles. The van der Waals surface area contributed by atoms with E-state index in [0.717, 1.165) is 100 Å². The van der Waals surface area contributed by atoms with Crippen LogP contribution in [0.3, 0.4) is 0 Å². The largest absolute Gasteiger partial charge is 0.492 e. The van der Waals surface area contributed by atoms with E-state index in [1.165, 1.54) is 23.3 Å². The van der Waals surface area contributed by atoms with Gasteiger partial charge in [-0.15, -0.1) is 11.8 Å². The second-order valence-electron chi connectivity index (χ2n) is 16.2. The molecule has 0 unspecified atom stereocenters. The summed E-state index contributed by atoms with van der Waals surface area (Å²) in [5.74, 6) is 0.674. The summed E-state index contributed by atoms with van der Waals surface area (Å²) in [5, 5.41) is 15.5. The van der Waals surface area contributed by atoms with Crippen molar-refractivity contribution in [2.45, 2.75) is 28.8 Å². The molecule has 1 amide bonds. The first-order valence-corrected chi connectivity index (χ1v) is 24.1. The maximum Gasteiger partial charge on any atom is 0.293 e. The summed E-state index contributed by atoms with van der Waals surface area (Å²) in [6.07, 6.45) is 0.703. The molecule has 2 aliphatic heterocycles. The minimum Gasteiger partial charge on any atom is -0.492 e. The molecule has 2 saturated heterocycles. The minimum atomic E-state index is -4.44. The van der Waals surface area contributed by atoms with Crippen LogP contribution in [-0.2, 0) is 21.3 Å². The number of hydrogen-bond acceptors (Lipinski definition) is 13. The molecule has 2 aliphatic rings. The first-order valence-electron chi connectivity index (χ1n) is 21.6. The van der Waals surface area contributed by atoms with Gasteiger partial charge in [-0.3, -0.25) is 24.7 Å². The molecular formula is C48H57N7O7S2. The summed E-state index contributed by atoms with van der Waals surface area (Å²) in [6.45, 7) is 9.79. The maximum atomic E-state index is 13.4. The van der Waals surface area contributed by atoms with Crippen LogP contribution in [0.25, 0.3) is 11.1 Å². The average molecular weight is 908 g/mol. The van der Waals surface area contributed by atoms with Crippen LogP contribution in [0.2, 0.25) is 0 Å². The number of rotatable bonds is 20. The third kappa shape index (κ3) is 13.1. The number of nitrogens with one attached hydrogen (secondary N) is 2. The van der Waals surface area contributed by atoms with Gasteiger partial charge in [-0.05, 0) is 104 Å². The molecule has 0 bridgehead atoms. The Morgan fingerprint density at radius 3 is 2.27 bits per heavy atom. The Morgan fingerprint density at radius 2 is 1.56 bits per heavy atom. The van der Waals surface area contributed by atoms with Crippen molar-refractivity contribution in [3.63, 3.8) is 0 Å². The Morgan fingerprint density at radius 1 is 0.859 bits per heavy atom. The van der Waals surface area contributed by atoms with Crippen LogP contribution in [0.15, 0.2) is 131 Å². The Kier molecular flexibility index (Phi) is 16.3. The molecule has 64 heavy (non-hydrogen) atoms. The van der Waals surface area contributed by atoms with Gasteiger partial charge < -0.3 is 24.6 Å². The molecule has 2 fully saturated rings. The van der Waals surface area contributed by atoms with Crippen molar-refractivity contribution in [2.24, 2.45) is 0 Å². The van der Waals surface area contributed by atoms with Crippen molar-refractivity contribution >= 4 is 44.8 Å². The molecule has 5 aromatic carbocycles. The lowest BCUT2D eigenvalue weighted by molar-refractivity contribution is -0.384. The third-order valence-electron chi connectivity index (χ3n) is 11.4.